The highest BCUT2D eigenvalue weighted by atomic mass is 32.1. The fraction of sp³-hybridized carbons (Fsp3) is 0.320. The van der Waals surface area contributed by atoms with Crippen LogP contribution in [0.3, 0.4) is 0 Å². The number of fused-ring (bicyclic) bond motifs is 1. The topological polar surface area (TPSA) is 108 Å². The third-order valence-corrected chi connectivity index (χ3v) is 7.46. The van der Waals surface area contributed by atoms with Gasteiger partial charge in [0.1, 0.15) is 24.4 Å². The fourth-order valence-electron chi connectivity index (χ4n) is 4.58. The van der Waals surface area contributed by atoms with E-state index in [0.29, 0.717) is 6.42 Å². The third kappa shape index (κ3) is 4.04. The largest absolute Gasteiger partial charge is 0.394 e. The van der Waals surface area contributed by atoms with Crippen LogP contribution in [-0.2, 0) is 11.2 Å². The highest BCUT2D eigenvalue weighted by Gasteiger charge is 2.44. The Morgan fingerprint density at radius 1 is 1.06 bits per heavy atom. The van der Waals surface area contributed by atoms with Crippen LogP contribution in [0.5, 0.6) is 0 Å². The van der Waals surface area contributed by atoms with Crippen LogP contribution in [0.2, 0.25) is 0 Å². The van der Waals surface area contributed by atoms with E-state index in [1.165, 1.54) is 12.3 Å². The van der Waals surface area contributed by atoms with E-state index in [4.69, 9.17) is 4.74 Å². The van der Waals surface area contributed by atoms with Crippen LogP contribution in [0, 0.1) is 12.9 Å². The minimum Gasteiger partial charge on any atom is -0.394 e. The van der Waals surface area contributed by atoms with Crippen molar-refractivity contribution in [2.24, 2.45) is 0 Å². The van der Waals surface area contributed by atoms with Crippen molar-refractivity contribution in [3.05, 3.63) is 76.8 Å². The van der Waals surface area contributed by atoms with Crippen molar-refractivity contribution < 1.29 is 29.6 Å². The van der Waals surface area contributed by atoms with Gasteiger partial charge in [-0.2, -0.15) is 4.39 Å². The van der Waals surface area contributed by atoms with Crippen LogP contribution < -0.4 is 0 Å². The van der Waals surface area contributed by atoms with Gasteiger partial charge >= 0.3 is 0 Å². The summed E-state index contributed by atoms with van der Waals surface area (Å²) in [6, 6.07) is 12.9. The molecular formula is C25H25FN2O5S. The number of rotatable bonds is 5. The number of thiophene rings is 1. The number of nitrogens with zero attached hydrogens (tertiary/aromatic N) is 2. The van der Waals surface area contributed by atoms with E-state index in [1.54, 1.807) is 22.0 Å². The normalized spacial score (nSPS) is 25.2. The summed E-state index contributed by atoms with van der Waals surface area (Å²) in [6.45, 7) is 1.52. The number of aryl methyl sites for hydroxylation is 1. The molecule has 1 aliphatic heterocycles. The summed E-state index contributed by atoms with van der Waals surface area (Å²) >= 11 is 1.59. The predicted molar refractivity (Wildman–Crippen MR) is 126 cm³/mol. The van der Waals surface area contributed by atoms with E-state index in [1.807, 2.05) is 43.5 Å². The average Bonchev–Trinajstić information content (AvgIpc) is 3.44. The van der Waals surface area contributed by atoms with E-state index in [-0.39, 0.29) is 0 Å². The second-order valence-electron chi connectivity index (χ2n) is 8.56. The zero-order chi connectivity index (χ0) is 24.0. The molecule has 7 nitrogen and oxygen atoms in total. The quantitative estimate of drug-likeness (QED) is 0.325. The van der Waals surface area contributed by atoms with Crippen LogP contribution in [0.4, 0.5) is 4.39 Å². The molecule has 4 aromatic rings. The van der Waals surface area contributed by atoms with Gasteiger partial charge in [-0.05, 0) is 48.4 Å². The zero-order valence-electron chi connectivity index (χ0n) is 18.4. The Bertz CT molecular complexity index is 1300. The monoisotopic (exact) mass is 484 g/mol. The van der Waals surface area contributed by atoms with Gasteiger partial charge < -0.3 is 29.7 Å². The summed E-state index contributed by atoms with van der Waals surface area (Å²) in [4.78, 5) is 5.81. The van der Waals surface area contributed by atoms with Crippen LogP contribution in [-0.4, -0.2) is 61.0 Å². The van der Waals surface area contributed by atoms with Gasteiger partial charge in [0.25, 0.3) is 0 Å². The molecule has 178 valence electrons. The van der Waals surface area contributed by atoms with Crippen LogP contribution in [0.1, 0.15) is 22.2 Å². The molecule has 0 saturated carbocycles. The van der Waals surface area contributed by atoms with Crippen molar-refractivity contribution in [3.8, 4) is 10.4 Å². The highest BCUT2D eigenvalue weighted by molar-refractivity contribution is 7.15. The molecule has 1 saturated heterocycles. The highest BCUT2D eigenvalue weighted by Crippen LogP contribution is 2.36. The lowest BCUT2D eigenvalue weighted by Crippen LogP contribution is -2.56. The Hall–Kier alpha value is -2.66. The van der Waals surface area contributed by atoms with Gasteiger partial charge in [-0.25, -0.2) is 4.98 Å². The molecule has 0 aliphatic carbocycles. The summed E-state index contributed by atoms with van der Waals surface area (Å²) in [5.74, 6) is -0.517. The number of aliphatic hydroxyl groups excluding tert-OH is 4. The Kier molecular flexibility index (Phi) is 6.24. The van der Waals surface area contributed by atoms with Crippen molar-refractivity contribution in [3.63, 3.8) is 0 Å². The van der Waals surface area contributed by atoms with Crippen LogP contribution in [0.15, 0.2) is 54.9 Å². The minimum atomic E-state index is -1.45. The molecule has 4 N–H and O–H groups in total. The second-order valence-corrected chi connectivity index (χ2v) is 9.73. The minimum absolute atomic E-state index is 0.483. The number of hydrogen-bond donors (Lipinski definition) is 4. The van der Waals surface area contributed by atoms with Crippen molar-refractivity contribution in [2.45, 2.75) is 44.0 Å². The smallest absolute Gasteiger partial charge is 0.212 e. The molecule has 5 atom stereocenters. The van der Waals surface area contributed by atoms with E-state index >= 15 is 0 Å². The Balaban J connectivity index is 1.52. The summed E-state index contributed by atoms with van der Waals surface area (Å²) in [6.07, 6.45) is -2.18. The van der Waals surface area contributed by atoms with Crippen molar-refractivity contribution in [1.29, 1.82) is 0 Å². The van der Waals surface area contributed by atoms with E-state index < -0.39 is 43.2 Å². The first-order valence-electron chi connectivity index (χ1n) is 11.0. The maximum absolute atomic E-state index is 13.2. The van der Waals surface area contributed by atoms with Gasteiger partial charge in [-0.1, -0.05) is 12.1 Å². The lowest BCUT2D eigenvalue weighted by molar-refractivity contribution is -0.250. The molecule has 9 heteroatoms. The molecule has 5 rings (SSSR count). The number of aliphatic hydroxyl groups is 4. The molecule has 34 heavy (non-hydrogen) atoms. The molecule has 1 fully saturated rings. The van der Waals surface area contributed by atoms with Crippen LogP contribution >= 0.6 is 11.3 Å². The van der Waals surface area contributed by atoms with E-state index in [0.717, 1.165) is 37.3 Å². The van der Waals surface area contributed by atoms with Gasteiger partial charge in [-0.3, -0.25) is 0 Å². The van der Waals surface area contributed by atoms with Crippen LogP contribution in [0.25, 0.3) is 21.3 Å². The summed E-state index contributed by atoms with van der Waals surface area (Å²) in [5.41, 5.74) is 3.72. The lowest BCUT2D eigenvalue weighted by atomic mass is 9.98. The Labute approximate surface area is 199 Å². The molecule has 1 aromatic carbocycles. The summed E-state index contributed by atoms with van der Waals surface area (Å²) < 4.78 is 20.8. The first-order valence-corrected chi connectivity index (χ1v) is 11.8. The Morgan fingerprint density at radius 3 is 2.62 bits per heavy atom. The third-order valence-electron chi connectivity index (χ3n) is 6.32. The molecule has 4 heterocycles. The van der Waals surface area contributed by atoms with Gasteiger partial charge in [0.2, 0.25) is 5.95 Å². The van der Waals surface area contributed by atoms with Crippen molar-refractivity contribution in [2.75, 3.05) is 6.61 Å². The summed E-state index contributed by atoms with van der Waals surface area (Å²) in [5, 5.41) is 41.7. The summed E-state index contributed by atoms with van der Waals surface area (Å²) in [7, 11) is 0. The SMILES string of the molecule is Cc1cccc2c1c(Cc1ccc(-c3ccc(F)nc3)s1)cn2[C@@H]1O[C@H](CO)[C@@H](O)[C@H](O)[C@H]1O. The molecule has 0 bridgehead atoms. The number of halogens is 1. The molecule has 0 spiro atoms. The maximum Gasteiger partial charge on any atom is 0.212 e. The predicted octanol–water partition coefficient (Wildman–Crippen LogP) is 2.78. The number of aromatic nitrogens is 2. The first-order chi connectivity index (χ1) is 16.4. The van der Waals surface area contributed by atoms with Gasteiger partial charge in [-0.15, -0.1) is 11.3 Å². The zero-order valence-corrected chi connectivity index (χ0v) is 19.2. The van der Waals surface area contributed by atoms with Gasteiger partial charge in [0, 0.05) is 39.5 Å². The number of ether oxygens (including phenoxy) is 1. The van der Waals surface area contributed by atoms with E-state index in [9.17, 15) is 24.8 Å². The lowest BCUT2D eigenvalue weighted by Gasteiger charge is -2.40. The average molecular weight is 485 g/mol. The standard InChI is InChI=1S/C25H25FN2O5S/c1-13-3-2-4-17-21(13)15(9-16-6-7-19(34-16)14-5-8-20(26)27-10-14)11-28(17)25-24(32)23(31)22(30)18(12-29)33-25/h2-8,10-11,18,22-25,29-32H,9,12H2,1H3/t18-,22-,23+,24-,25-/m1/s1. The molecule has 3 aromatic heterocycles. The maximum atomic E-state index is 13.2. The Morgan fingerprint density at radius 2 is 1.88 bits per heavy atom. The second kappa shape index (κ2) is 9.18. The number of hydrogen-bond acceptors (Lipinski definition) is 7. The molecule has 1 aliphatic rings. The van der Waals surface area contributed by atoms with Gasteiger partial charge in [0.15, 0.2) is 6.23 Å². The van der Waals surface area contributed by atoms with Crippen molar-refractivity contribution in [1.82, 2.24) is 9.55 Å². The number of pyridine rings is 1. The fourth-order valence-corrected chi connectivity index (χ4v) is 5.60. The molecular weight excluding hydrogens is 459 g/mol. The van der Waals surface area contributed by atoms with Crippen molar-refractivity contribution >= 4 is 22.2 Å². The number of benzene rings is 1. The molecule has 0 unspecified atom stereocenters. The van der Waals surface area contributed by atoms with Gasteiger partial charge in [0.05, 0.1) is 12.1 Å². The molecule has 0 radical (unpaired) electrons. The van der Waals surface area contributed by atoms with E-state index in [2.05, 4.69) is 4.98 Å². The first kappa shape index (κ1) is 23.1. The molecule has 0 amide bonds.